The Morgan fingerprint density at radius 1 is 1.33 bits per heavy atom. The van der Waals surface area contributed by atoms with Gasteiger partial charge in [0.05, 0.1) is 10.5 Å². The van der Waals surface area contributed by atoms with Gasteiger partial charge >= 0.3 is 5.97 Å². The molecule has 10 heteroatoms. The van der Waals surface area contributed by atoms with Gasteiger partial charge in [0, 0.05) is 16.5 Å². The molecule has 150 valence electrons. The summed E-state index contributed by atoms with van der Waals surface area (Å²) in [6, 6.07) is 8.55. The minimum Gasteiger partial charge on any atom is -0.480 e. The van der Waals surface area contributed by atoms with Crippen LogP contribution < -0.4 is 4.72 Å². The lowest BCUT2D eigenvalue weighted by atomic mass is 9.75. The third-order valence-corrected chi connectivity index (χ3v) is 7.76. The van der Waals surface area contributed by atoms with Crippen molar-refractivity contribution in [2.24, 2.45) is 4.58 Å². The van der Waals surface area contributed by atoms with Crippen molar-refractivity contribution in [1.82, 2.24) is 9.62 Å². The fourth-order valence-corrected chi connectivity index (χ4v) is 6.29. The Balaban J connectivity index is 2.42. The molecule has 0 bridgehead atoms. The molecule has 1 fully saturated rings. The number of piperidine rings is 1. The van der Waals surface area contributed by atoms with Gasteiger partial charge in [0.2, 0.25) is 10.0 Å². The molecule has 0 amide bonds. The second-order valence-electron chi connectivity index (χ2n) is 6.87. The number of aliphatic carboxylic acids is 1. The van der Waals surface area contributed by atoms with Gasteiger partial charge in [-0.3, -0.25) is 4.79 Å². The van der Waals surface area contributed by atoms with Crippen LogP contribution in [-0.4, -0.2) is 54.8 Å². The SMILES string of the molecule is CCC(NS(=O)(=O)Cc1ccccc1)(C(=O)O)C1(SN=O)CCN(C)CC1. The highest BCUT2D eigenvalue weighted by molar-refractivity contribution is 7.99. The summed E-state index contributed by atoms with van der Waals surface area (Å²) >= 11 is 0.644. The molecule has 0 saturated carbocycles. The number of carbonyl (C=O) groups is 1. The molecule has 8 nitrogen and oxygen atoms in total. The van der Waals surface area contributed by atoms with Crippen molar-refractivity contribution >= 4 is 27.9 Å². The van der Waals surface area contributed by atoms with Gasteiger partial charge in [-0.1, -0.05) is 37.3 Å². The second-order valence-corrected chi connectivity index (χ2v) is 9.71. The van der Waals surface area contributed by atoms with Gasteiger partial charge in [0.25, 0.3) is 0 Å². The minimum atomic E-state index is -3.97. The van der Waals surface area contributed by atoms with E-state index in [0.717, 1.165) is 0 Å². The summed E-state index contributed by atoms with van der Waals surface area (Å²) in [5.74, 6) is -1.62. The maximum absolute atomic E-state index is 12.8. The topological polar surface area (TPSA) is 116 Å². The Labute approximate surface area is 163 Å². The van der Waals surface area contributed by atoms with Crippen molar-refractivity contribution in [2.45, 2.75) is 42.2 Å². The van der Waals surface area contributed by atoms with Gasteiger partial charge in [-0.15, -0.1) is 4.91 Å². The fourth-order valence-electron chi connectivity index (χ4n) is 3.62. The van der Waals surface area contributed by atoms with Crippen LogP contribution in [0.25, 0.3) is 0 Å². The number of sulfonamides is 1. The Morgan fingerprint density at radius 2 is 1.93 bits per heavy atom. The number of nitrogens with one attached hydrogen (secondary N) is 1. The number of likely N-dealkylation sites (tertiary alicyclic amines) is 1. The first kappa shape index (κ1) is 21.8. The van der Waals surface area contributed by atoms with Gasteiger partial charge in [-0.2, -0.15) is 4.72 Å². The highest BCUT2D eigenvalue weighted by Crippen LogP contribution is 2.47. The van der Waals surface area contributed by atoms with Crippen molar-refractivity contribution in [3.05, 3.63) is 40.8 Å². The maximum Gasteiger partial charge on any atom is 0.326 e. The lowest BCUT2D eigenvalue weighted by Gasteiger charge is -2.48. The van der Waals surface area contributed by atoms with E-state index in [1.54, 1.807) is 37.3 Å². The monoisotopic (exact) mass is 415 g/mol. The number of carboxylic acid groups (broad SMARTS) is 1. The molecule has 1 aromatic rings. The zero-order valence-corrected chi connectivity index (χ0v) is 17.1. The summed E-state index contributed by atoms with van der Waals surface area (Å²) in [6.45, 7) is 2.72. The molecule has 0 spiro atoms. The molecule has 2 N–H and O–H groups in total. The highest BCUT2D eigenvalue weighted by atomic mass is 32.2. The van der Waals surface area contributed by atoms with Crippen LogP contribution in [0.15, 0.2) is 34.9 Å². The van der Waals surface area contributed by atoms with E-state index >= 15 is 0 Å². The fraction of sp³-hybridized carbons (Fsp3) is 0.588. The number of carboxylic acids is 1. The standard InChI is InChI=1S/C17H25N3O5S2/c1-3-17(15(21)22,16(26-19-23)9-11-20(2)12-10-16)18-27(24,25)13-14-7-5-4-6-8-14/h4-8,18H,3,9-13H2,1-2H3,(H,21,22). The van der Waals surface area contributed by atoms with Crippen LogP contribution in [0.2, 0.25) is 0 Å². The number of hydrogen-bond acceptors (Lipinski definition) is 7. The molecule has 0 aliphatic carbocycles. The average Bonchev–Trinajstić information content (AvgIpc) is 2.62. The molecule has 1 aromatic carbocycles. The summed E-state index contributed by atoms with van der Waals surface area (Å²) in [7, 11) is -2.07. The number of nitroso groups, excluding NO2 is 1. The van der Waals surface area contributed by atoms with Gasteiger partial charge in [-0.05, 0) is 45.0 Å². The number of nitrogens with zero attached hydrogens (tertiary/aromatic N) is 2. The molecule has 1 aliphatic rings. The maximum atomic E-state index is 12.8. The highest BCUT2D eigenvalue weighted by Gasteiger charge is 2.59. The first-order valence-electron chi connectivity index (χ1n) is 8.68. The molecule has 1 atom stereocenters. The molecule has 2 rings (SSSR count). The van der Waals surface area contributed by atoms with Crippen LogP contribution in [0.1, 0.15) is 31.7 Å². The smallest absolute Gasteiger partial charge is 0.326 e. The van der Waals surface area contributed by atoms with E-state index in [0.29, 0.717) is 43.4 Å². The van der Waals surface area contributed by atoms with Gasteiger partial charge in [-0.25, -0.2) is 8.42 Å². The van der Waals surface area contributed by atoms with Gasteiger partial charge < -0.3 is 10.0 Å². The number of benzene rings is 1. The van der Waals surface area contributed by atoms with E-state index in [4.69, 9.17) is 0 Å². The van der Waals surface area contributed by atoms with E-state index in [9.17, 15) is 23.2 Å². The van der Waals surface area contributed by atoms with Crippen LogP contribution >= 0.6 is 11.9 Å². The average molecular weight is 416 g/mol. The molecular weight excluding hydrogens is 390 g/mol. The minimum absolute atomic E-state index is 0.00257. The molecular formula is C17H25N3O5S2. The Morgan fingerprint density at radius 3 is 2.41 bits per heavy atom. The van der Waals surface area contributed by atoms with E-state index in [-0.39, 0.29) is 12.2 Å². The number of rotatable bonds is 9. The molecule has 27 heavy (non-hydrogen) atoms. The lowest BCUT2D eigenvalue weighted by molar-refractivity contribution is -0.146. The van der Waals surface area contributed by atoms with E-state index in [1.807, 2.05) is 11.9 Å². The zero-order valence-electron chi connectivity index (χ0n) is 15.4. The first-order chi connectivity index (χ1) is 12.7. The predicted molar refractivity (Wildman–Crippen MR) is 106 cm³/mol. The van der Waals surface area contributed by atoms with E-state index in [1.165, 1.54) is 0 Å². The summed E-state index contributed by atoms with van der Waals surface area (Å²) in [4.78, 5) is 25.5. The summed E-state index contributed by atoms with van der Waals surface area (Å²) in [6.07, 6.45) is 0.685. The lowest BCUT2D eigenvalue weighted by Crippen LogP contribution is -2.69. The van der Waals surface area contributed by atoms with Crippen molar-refractivity contribution in [2.75, 3.05) is 20.1 Å². The van der Waals surface area contributed by atoms with Gasteiger partial charge in [0.1, 0.15) is 5.54 Å². The third kappa shape index (κ3) is 4.68. The van der Waals surface area contributed by atoms with Crippen molar-refractivity contribution in [1.29, 1.82) is 0 Å². The van der Waals surface area contributed by atoms with E-state index < -0.39 is 26.3 Å². The molecule has 1 unspecified atom stereocenters. The molecule has 1 aliphatic heterocycles. The molecule has 1 saturated heterocycles. The van der Waals surface area contributed by atoms with Crippen LogP contribution in [0.3, 0.4) is 0 Å². The predicted octanol–water partition coefficient (Wildman–Crippen LogP) is 2.22. The van der Waals surface area contributed by atoms with Crippen LogP contribution in [0, 0.1) is 4.91 Å². The molecule has 1 heterocycles. The summed E-state index contributed by atoms with van der Waals surface area (Å²) in [5, 5.41) is 10.1. The quantitative estimate of drug-likeness (QED) is 0.469. The zero-order chi connectivity index (χ0) is 20.1. The Bertz CT molecular complexity index is 764. The second kappa shape index (κ2) is 8.68. The van der Waals surface area contributed by atoms with Crippen molar-refractivity contribution in [3.63, 3.8) is 0 Å². The Kier molecular flexibility index (Phi) is 7.01. The molecule has 0 radical (unpaired) electrons. The Hall–Kier alpha value is -1.49. The molecule has 0 aromatic heterocycles. The van der Waals surface area contributed by atoms with Gasteiger partial charge in [0.15, 0.2) is 0 Å². The number of hydrogen-bond donors (Lipinski definition) is 2. The van der Waals surface area contributed by atoms with E-state index in [2.05, 4.69) is 9.30 Å². The van der Waals surface area contributed by atoms with Crippen LogP contribution in [0.4, 0.5) is 0 Å². The van der Waals surface area contributed by atoms with Crippen molar-refractivity contribution in [3.8, 4) is 0 Å². The summed E-state index contributed by atoms with van der Waals surface area (Å²) < 4.78 is 29.9. The summed E-state index contributed by atoms with van der Waals surface area (Å²) in [5.41, 5.74) is -1.26. The normalized spacial score (nSPS) is 19.9. The van der Waals surface area contributed by atoms with Crippen molar-refractivity contribution < 1.29 is 18.3 Å². The first-order valence-corrected chi connectivity index (χ1v) is 11.1. The largest absolute Gasteiger partial charge is 0.480 e. The van der Waals surface area contributed by atoms with Crippen LogP contribution in [0.5, 0.6) is 0 Å². The van der Waals surface area contributed by atoms with Crippen LogP contribution in [-0.2, 0) is 20.6 Å². The third-order valence-electron chi connectivity index (χ3n) is 5.21.